The third-order valence-electron chi connectivity index (χ3n) is 3.74. The molecule has 2 bridgehead atoms. The van der Waals surface area contributed by atoms with E-state index in [1.807, 2.05) is 0 Å². The molecule has 1 aliphatic heterocycles. The fourth-order valence-corrected chi connectivity index (χ4v) is 3.00. The standard InChI is InChI=1S/C11H9NO4/c13-7-1-2-8(14)12(7)11-4-3-6(5-11)9(15)10(11)16/h1-2,6H,3-5H2. The molecule has 0 radical (unpaired) electrons. The molecule has 2 unspecified atom stereocenters. The van der Waals surface area contributed by atoms with E-state index in [1.54, 1.807) is 0 Å². The molecule has 2 atom stereocenters. The molecule has 1 heterocycles. The zero-order chi connectivity index (χ0) is 11.5. The van der Waals surface area contributed by atoms with Gasteiger partial charge in [-0.3, -0.25) is 24.1 Å². The number of hydrogen-bond donors (Lipinski definition) is 0. The van der Waals surface area contributed by atoms with E-state index in [-0.39, 0.29) is 5.92 Å². The summed E-state index contributed by atoms with van der Waals surface area (Å²) < 4.78 is 0. The SMILES string of the molecule is O=C1C(=O)C2(N3C(=O)C=CC3=O)CCC1C2. The maximum atomic E-state index is 11.8. The van der Waals surface area contributed by atoms with Gasteiger partial charge >= 0.3 is 0 Å². The van der Waals surface area contributed by atoms with Crippen LogP contribution in [0.2, 0.25) is 0 Å². The van der Waals surface area contributed by atoms with Gasteiger partial charge in [-0.05, 0) is 19.3 Å². The average Bonchev–Trinajstić information content (AvgIpc) is 2.86. The smallest absolute Gasteiger partial charge is 0.254 e. The van der Waals surface area contributed by atoms with Gasteiger partial charge in [0, 0.05) is 18.1 Å². The minimum absolute atomic E-state index is 0.284. The number of imide groups is 1. The molecule has 5 nitrogen and oxygen atoms in total. The fourth-order valence-electron chi connectivity index (χ4n) is 3.00. The lowest BCUT2D eigenvalue weighted by Crippen LogP contribution is -2.55. The van der Waals surface area contributed by atoms with E-state index in [2.05, 4.69) is 0 Å². The molecule has 2 amide bonds. The van der Waals surface area contributed by atoms with Crippen molar-refractivity contribution in [3.8, 4) is 0 Å². The normalized spacial score (nSPS) is 37.0. The Kier molecular flexibility index (Phi) is 1.57. The number of rotatable bonds is 1. The Morgan fingerprint density at radius 2 is 1.75 bits per heavy atom. The molecule has 0 saturated heterocycles. The number of carbonyl (C=O) groups excluding carboxylic acids is 4. The van der Waals surface area contributed by atoms with Crippen LogP contribution in [0.4, 0.5) is 0 Å². The summed E-state index contributed by atoms with van der Waals surface area (Å²) in [5.41, 5.74) is -1.15. The van der Waals surface area contributed by atoms with Crippen LogP contribution in [0.5, 0.6) is 0 Å². The molecule has 3 aliphatic rings. The molecular formula is C11H9NO4. The summed E-state index contributed by atoms with van der Waals surface area (Å²) in [6, 6.07) is 0. The van der Waals surface area contributed by atoms with Crippen molar-refractivity contribution in [2.45, 2.75) is 24.8 Å². The Morgan fingerprint density at radius 3 is 2.25 bits per heavy atom. The van der Waals surface area contributed by atoms with E-state index in [1.165, 1.54) is 0 Å². The van der Waals surface area contributed by atoms with E-state index in [9.17, 15) is 19.2 Å². The van der Waals surface area contributed by atoms with Crippen LogP contribution in [0.3, 0.4) is 0 Å². The fraction of sp³-hybridized carbons (Fsp3) is 0.455. The summed E-state index contributed by atoms with van der Waals surface area (Å²) >= 11 is 0. The number of amides is 2. The van der Waals surface area contributed by atoms with Crippen LogP contribution >= 0.6 is 0 Å². The molecule has 2 aliphatic carbocycles. The Bertz CT molecular complexity index is 460. The Balaban J connectivity index is 2.07. The van der Waals surface area contributed by atoms with E-state index in [0.29, 0.717) is 19.3 Å². The summed E-state index contributed by atoms with van der Waals surface area (Å²) in [6.45, 7) is 0. The molecular weight excluding hydrogens is 210 g/mol. The van der Waals surface area contributed by atoms with E-state index in [4.69, 9.17) is 0 Å². The van der Waals surface area contributed by atoms with Crippen LogP contribution in [0.25, 0.3) is 0 Å². The number of ketones is 2. The average molecular weight is 219 g/mol. The molecule has 0 N–H and O–H groups in total. The summed E-state index contributed by atoms with van der Waals surface area (Å²) in [5, 5.41) is 0. The van der Waals surface area contributed by atoms with Crippen molar-refractivity contribution in [2.24, 2.45) is 5.92 Å². The van der Waals surface area contributed by atoms with Crippen LogP contribution < -0.4 is 0 Å². The Hall–Kier alpha value is -1.78. The highest BCUT2D eigenvalue weighted by molar-refractivity contribution is 6.45. The van der Waals surface area contributed by atoms with Crippen LogP contribution in [0.15, 0.2) is 12.2 Å². The monoisotopic (exact) mass is 219 g/mol. The van der Waals surface area contributed by atoms with Crippen LogP contribution in [-0.2, 0) is 19.2 Å². The minimum Gasteiger partial charge on any atom is -0.290 e. The van der Waals surface area contributed by atoms with Crippen molar-refractivity contribution in [1.29, 1.82) is 0 Å². The minimum atomic E-state index is -1.15. The Labute approximate surface area is 91.1 Å². The highest BCUT2D eigenvalue weighted by Gasteiger charge is 2.63. The second kappa shape index (κ2) is 2.66. The first-order valence-electron chi connectivity index (χ1n) is 5.21. The summed E-state index contributed by atoms with van der Waals surface area (Å²) in [6.07, 6.45) is 3.66. The second-order valence-electron chi connectivity index (χ2n) is 4.51. The highest BCUT2D eigenvalue weighted by atomic mass is 16.2. The largest absolute Gasteiger partial charge is 0.290 e. The molecule has 0 aromatic carbocycles. The lowest BCUT2D eigenvalue weighted by Gasteiger charge is -2.32. The number of nitrogens with zero attached hydrogens (tertiary/aromatic N) is 1. The summed E-state index contributed by atoms with van der Waals surface area (Å²) in [4.78, 5) is 47.5. The molecule has 16 heavy (non-hydrogen) atoms. The van der Waals surface area contributed by atoms with Crippen molar-refractivity contribution in [3.63, 3.8) is 0 Å². The summed E-state index contributed by atoms with van der Waals surface area (Å²) in [7, 11) is 0. The predicted octanol–water partition coefficient (Wildman–Crippen LogP) is -0.398. The zero-order valence-electron chi connectivity index (χ0n) is 8.43. The van der Waals surface area contributed by atoms with Gasteiger partial charge in [0.15, 0.2) is 0 Å². The first-order chi connectivity index (χ1) is 7.56. The van der Waals surface area contributed by atoms with Crippen LogP contribution in [-0.4, -0.2) is 33.8 Å². The number of carbonyl (C=O) groups is 4. The zero-order valence-corrected chi connectivity index (χ0v) is 8.43. The molecule has 3 rings (SSSR count). The third-order valence-corrected chi connectivity index (χ3v) is 3.74. The second-order valence-corrected chi connectivity index (χ2v) is 4.51. The van der Waals surface area contributed by atoms with E-state index < -0.39 is 28.9 Å². The van der Waals surface area contributed by atoms with Crippen LogP contribution in [0, 0.1) is 5.92 Å². The van der Waals surface area contributed by atoms with Crippen molar-refractivity contribution in [1.82, 2.24) is 4.90 Å². The molecule has 0 aromatic rings. The van der Waals surface area contributed by atoms with Crippen molar-refractivity contribution in [2.75, 3.05) is 0 Å². The first kappa shape index (κ1) is 9.45. The number of Topliss-reactive ketones (excluding diaryl/α,β-unsaturated/α-hetero) is 2. The van der Waals surface area contributed by atoms with E-state index >= 15 is 0 Å². The molecule has 0 spiro atoms. The van der Waals surface area contributed by atoms with Crippen LogP contribution in [0.1, 0.15) is 19.3 Å². The molecule has 2 saturated carbocycles. The number of hydrogen-bond acceptors (Lipinski definition) is 4. The van der Waals surface area contributed by atoms with Crippen molar-refractivity contribution in [3.05, 3.63) is 12.2 Å². The van der Waals surface area contributed by atoms with Gasteiger partial charge in [0.2, 0.25) is 11.6 Å². The van der Waals surface area contributed by atoms with Gasteiger partial charge in [-0.25, -0.2) is 0 Å². The van der Waals surface area contributed by atoms with E-state index in [0.717, 1.165) is 17.1 Å². The topological polar surface area (TPSA) is 71.5 Å². The van der Waals surface area contributed by atoms with Gasteiger partial charge in [-0.2, -0.15) is 0 Å². The van der Waals surface area contributed by atoms with Crippen molar-refractivity contribution >= 4 is 23.4 Å². The van der Waals surface area contributed by atoms with Gasteiger partial charge in [-0.1, -0.05) is 0 Å². The van der Waals surface area contributed by atoms with Gasteiger partial charge in [-0.15, -0.1) is 0 Å². The Morgan fingerprint density at radius 1 is 1.12 bits per heavy atom. The molecule has 2 fully saturated rings. The molecule has 0 aromatic heterocycles. The highest BCUT2D eigenvalue weighted by Crippen LogP contribution is 2.47. The van der Waals surface area contributed by atoms with Crippen molar-refractivity contribution < 1.29 is 19.2 Å². The van der Waals surface area contributed by atoms with Gasteiger partial charge in [0.1, 0.15) is 5.54 Å². The number of fused-ring (bicyclic) bond motifs is 2. The third kappa shape index (κ3) is 0.863. The lowest BCUT2D eigenvalue weighted by molar-refractivity contribution is -0.152. The molecule has 82 valence electrons. The maximum absolute atomic E-state index is 11.8. The first-order valence-corrected chi connectivity index (χ1v) is 5.21. The maximum Gasteiger partial charge on any atom is 0.254 e. The quantitative estimate of drug-likeness (QED) is 0.444. The summed E-state index contributed by atoms with van der Waals surface area (Å²) in [5.74, 6) is -2.22. The van der Waals surface area contributed by atoms with Gasteiger partial charge in [0.25, 0.3) is 11.8 Å². The lowest BCUT2D eigenvalue weighted by atomic mass is 9.90. The van der Waals surface area contributed by atoms with Gasteiger partial charge in [0.05, 0.1) is 0 Å². The molecule has 5 heteroatoms. The predicted molar refractivity (Wildman–Crippen MR) is 51.1 cm³/mol. The van der Waals surface area contributed by atoms with Gasteiger partial charge < -0.3 is 0 Å².